The Morgan fingerprint density at radius 1 is 1.03 bits per heavy atom. The average molecular weight is 459 g/mol. The zero-order valence-corrected chi connectivity index (χ0v) is 20.2. The first-order chi connectivity index (χ1) is 15.9. The maximum atomic E-state index is 13.4. The SMILES string of the molecule is COc1cccc(C(=O)N2CCC(N3C[C@H](O)C[C@H]3C(=O)N3CCN(C(C)C)CC3)CC2)c1. The smallest absolute Gasteiger partial charge is 0.253 e. The number of aliphatic hydroxyl groups is 1. The number of piperazine rings is 1. The van der Waals surface area contributed by atoms with E-state index in [0.717, 1.165) is 39.0 Å². The van der Waals surface area contributed by atoms with E-state index in [-0.39, 0.29) is 23.9 Å². The molecule has 182 valence electrons. The van der Waals surface area contributed by atoms with Gasteiger partial charge in [0.25, 0.3) is 5.91 Å². The van der Waals surface area contributed by atoms with Gasteiger partial charge in [-0.15, -0.1) is 0 Å². The molecule has 2 amide bonds. The normalized spacial score (nSPS) is 25.6. The van der Waals surface area contributed by atoms with Crippen LogP contribution in [0.25, 0.3) is 0 Å². The van der Waals surface area contributed by atoms with Crippen molar-refractivity contribution in [1.82, 2.24) is 19.6 Å². The highest BCUT2D eigenvalue weighted by molar-refractivity contribution is 5.94. The molecule has 0 radical (unpaired) electrons. The molecule has 1 aromatic rings. The number of aliphatic hydroxyl groups excluding tert-OH is 1. The molecular formula is C25H38N4O4. The van der Waals surface area contributed by atoms with Gasteiger partial charge in [-0.05, 0) is 51.3 Å². The van der Waals surface area contributed by atoms with Crippen LogP contribution in [0, 0.1) is 0 Å². The number of carbonyl (C=O) groups is 2. The number of amides is 2. The van der Waals surface area contributed by atoms with Crippen LogP contribution in [-0.2, 0) is 4.79 Å². The van der Waals surface area contributed by atoms with Crippen molar-refractivity contribution in [3.05, 3.63) is 29.8 Å². The van der Waals surface area contributed by atoms with Crippen molar-refractivity contribution in [2.75, 3.05) is 52.9 Å². The molecule has 0 bridgehead atoms. The van der Waals surface area contributed by atoms with Gasteiger partial charge in [0.05, 0.1) is 19.3 Å². The highest BCUT2D eigenvalue weighted by atomic mass is 16.5. The summed E-state index contributed by atoms with van der Waals surface area (Å²) in [6.07, 6.45) is 1.67. The predicted octanol–water partition coefficient (Wildman–Crippen LogP) is 1.29. The van der Waals surface area contributed by atoms with Crippen molar-refractivity contribution >= 4 is 11.8 Å². The number of hydrogen-bond donors (Lipinski definition) is 1. The predicted molar refractivity (Wildman–Crippen MR) is 126 cm³/mol. The Morgan fingerprint density at radius 3 is 2.36 bits per heavy atom. The van der Waals surface area contributed by atoms with Crippen molar-refractivity contribution in [2.45, 2.75) is 57.3 Å². The van der Waals surface area contributed by atoms with E-state index >= 15 is 0 Å². The molecule has 3 aliphatic rings. The van der Waals surface area contributed by atoms with Gasteiger partial charge in [-0.25, -0.2) is 0 Å². The quantitative estimate of drug-likeness (QED) is 0.717. The molecule has 3 aliphatic heterocycles. The Morgan fingerprint density at radius 2 is 1.73 bits per heavy atom. The minimum Gasteiger partial charge on any atom is -0.497 e. The highest BCUT2D eigenvalue weighted by Crippen LogP contribution is 2.29. The largest absolute Gasteiger partial charge is 0.497 e. The van der Waals surface area contributed by atoms with Gasteiger partial charge in [0, 0.05) is 63.5 Å². The van der Waals surface area contributed by atoms with Crippen LogP contribution in [0.5, 0.6) is 5.75 Å². The summed E-state index contributed by atoms with van der Waals surface area (Å²) in [6, 6.07) is 7.72. The number of ether oxygens (including phenoxy) is 1. The zero-order chi connectivity index (χ0) is 23.5. The first-order valence-electron chi connectivity index (χ1n) is 12.3. The molecule has 33 heavy (non-hydrogen) atoms. The van der Waals surface area contributed by atoms with Crippen LogP contribution in [0.2, 0.25) is 0 Å². The van der Waals surface area contributed by atoms with Crippen molar-refractivity contribution in [1.29, 1.82) is 0 Å². The van der Waals surface area contributed by atoms with E-state index in [1.165, 1.54) is 0 Å². The Labute approximate surface area is 197 Å². The van der Waals surface area contributed by atoms with E-state index in [4.69, 9.17) is 4.74 Å². The second-order valence-electron chi connectivity index (χ2n) is 9.81. The van der Waals surface area contributed by atoms with Crippen LogP contribution in [-0.4, -0.2) is 114 Å². The Balaban J connectivity index is 1.35. The summed E-state index contributed by atoms with van der Waals surface area (Å²) >= 11 is 0. The van der Waals surface area contributed by atoms with Crippen LogP contribution in [0.4, 0.5) is 0 Å². The van der Waals surface area contributed by atoms with Crippen molar-refractivity contribution in [2.24, 2.45) is 0 Å². The van der Waals surface area contributed by atoms with Gasteiger partial charge in [0.1, 0.15) is 5.75 Å². The summed E-state index contributed by atoms with van der Waals surface area (Å²) in [4.78, 5) is 34.8. The molecule has 8 heteroatoms. The van der Waals surface area contributed by atoms with Gasteiger partial charge >= 0.3 is 0 Å². The Hall–Kier alpha value is -2.16. The molecule has 3 fully saturated rings. The number of likely N-dealkylation sites (tertiary alicyclic amines) is 2. The zero-order valence-electron chi connectivity index (χ0n) is 20.2. The molecule has 0 aromatic heterocycles. The summed E-state index contributed by atoms with van der Waals surface area (Å²) in [5, 5.41) is 10.4. The van der Waals surface area contributed by atoms with E-state index in [0.29, 0.717) is 43.4 Å². The minimum absolute atomic E-state index is 0.0180. The van der Waals surface area contributed by atoms with Crippen LogP contribution in [0.1, 0.15) is 43.5 Å². The monoisotopic (exact) mass is 458 g/mol. The maximum Gasteiger partial charge on any atom is 0.253 e. The molecule has 0 spiro atoms. The number of nitrogens with zero attached hydrogens (tertiary/aromatic N) is 4. The van der Waals surface area contributed by atoms with Gasteiger partial charge in [-0.1, -0.05) is 6.07 Å². The Bertz CT molecular complexity index is 831. The summed E-state index contributed by atoms with van der Waals surface area (Å²) in [5.41, 5.74) is 0.637. The molecular weight excluding hydrogens is 420 g/mol. The summed E-state index contributed by atoms with van der Waals surface area (Å²) in [7, 11) is 1.60. The van der Waals surface area contributed by atoms with Gasteiger partial charge in [0.15, 0.2) is 0 Å². The van der Waals surface area contributed by atoms with E-state index in [1.807, 2.05) is 28.0 Å². The summed E-state index contributed by atoms with van der Waals surface area (Å²) in [5.74, 6) is 0.853. The molecule has 8 nitrogen and oxygen atoms in total. The lowest BCUT2D eigenvalue weighted by Crippen LogP contribution is -2.57. The van der Waals surface area contributed by atoms with Gasteiger partial charge in [-0.2, -0.15) is 0 Å². The lowest BCUT2D eigenvalue weighted by atomic mass is 10.0. The molecule has 4 rings (SSSR count). The lowest BCUT2D eigenvalue weighted by Gasteiger charge is -2.42. The van der Waals surface area contributed by atoms with E-state index in [1.54, 1.807) is 13.2 Å². The van der Waals surface area contributed by atoms with E-state index in [9.17, 15) is 14.7 Å². The minimum atomic E-state index is -0.465. The molecule has 0 saturated carbocycles. The van der Waals surface area contributed by atoms with E-state index < -0.39 is 6.10 Å². The second kappa shape index (κ2) is 10.4. The van der Waals surface area contributed by atoms with Gasteiger partial charge < -0.3 is 19.6 Å². The van der Waals surface area contributed by atoms with Crippen molar-refractivity contribution in [3.63, 3.8) is 0 Å². The Kier molecular flexibility index (Phi) is 7.56. The number of β-amino-alcohol motifs (C(OH)–C–C–N with tert-alkyl or cyclic N) is 1. The summed E-state index contributed by atoms with van der Waals surface area (Å²) in [6.45, 7) is 9.55. The van der Waals surface area contributed by atoms with Crippen LogP contribution < -0.4 is 4.74 Å². The fraction of sp³-hybridized carbons (Fsp3) is 0.680. The van der Waals surface area contributed by atoms with E-state index in [2.05, 4.69) is 23.6 Å². The molecule has 0 aliphatic carbocycles. The first-order valence-corrected chi connectivity index (χ1v) is 12.3. The van der Waals surface area contributed by atoms with Crippen LogP contribution >= 0.6 is 0 Å². The number of hydrogen-bond acceptors (Lipinski definition) is 6. The van der Waals surface area contributed by atoms with Gasteiger partial charge in [0.2, 0.25) is 5.91 Å². The molecule has 0 unspecified atom stereocenters. The van der Waals surface area contributed by atoms with Crippen LogP contribution in [0.15, 0.2) is 24.3 Å². The lowest BCUT2D eigenvalue weighted by molar-refractivity contribution is -0.139. The number of rotatable bonds is 5. The van der Waals surface area contributed by atoms with Crippen LogP contribution in [0.3, 0.4) is 0 Å². The van der Waals surface area contributed by atoms with Crippen molar-refractivity contribution in [3.8, 4) is 5.75 Å². The second-order valence-corrected chi connectivity index (χ2v) is 9.81. The molecule has 3 heterocycles. The number of piperidine rings is 1. The van der Waals surface area contributed by atoms with Gasteiger partial charge in [-0.3, -0.25) is 19.4 Å². The first kappa shape index (κ1) is 24.0. The number of carbonyl (C=O) groups excluding carboxylic acids is 2. The molecule has 3 saturated heterocycles. The standard InChI is InChI=1S/C25H38N4O4/c1-18(2)26-11-13-28(14-12-26)25(32)23-16-21(30)17-29(23)20-7-9-27(10-8-20)24(31)19-5-4-6-22(15-19)33-3/h4-6,15,18,20-21,23,30H,7-14,16-17H2,1-3H3/t21-,23+/m1/s1. The molecule has 2 atom stereocenters. The maximum absolute atomic E-state index is 13.4. The number of methoxy groups -OCH3 is 1. The average Bonchev–Trinajstić information content (AvgIpc) is 3.24. The number of benzene rings is 1. The topological polar surface area (TPSA) is 76.6 Å². The summed E-state index contributed by atoms with van der Waals surface area (Å²) < 4.78 is 5.25. The molecule has 1 N–H and O–H groups in total. The van der Waals surface area contributed by atoms with Crippen molar-refractivity contribution < 1.29 is 19.4 Å². The fourth-order valence-electron chi connectivity index (χ4n) is 5.49. The fourth-order valence-corrected chi connectivity index (χ4v) is 5.49. The highest BCUT2D eigenvalue weighted by Gasteiger charge is 2.43. The third-order valence-electron chi connectivity index (χ3n) is 7.50. The third kappa shape index (κ3) is 5.34. The third-order valence-corrected chi connectivity index (χ3v) is 7.50. The molecule has 1 aromatic carbocycles.